The minimum Gasteiger partial charge on any atom is -0.338 e. The molecule has 6 heteroatoms. The van der Waals surface area contributed by atoms with Gasteiger partial charge >= 0.3 is 0 Å². The molecule has 0 radical (unpaired) electrons. The van der Waals surface area contributed by atoms with Crippen LogP contribution in [0.25, 0.3) is 0 Å². The molecule has 24 heavy (non-hydrogen) atoms. The Morgan fingerprint density at radius 3 is 2.54 bits per heavy atom. The van der Waals surface area contributed by atoms with E-state index in [1.165, 1.54) is 0 Å². The van der Waals surface area contributed by atoms with Crippen molar-refractivity contribution in [3.63, 3.8) is 0 Å². The molecule has 1 aliphatic carbocycles. The number of amides is 1. The van der Waals surface area contributed by atoms with Gasteiger partial charge in [-0.25, -0.2) is 9.97 Å². The molecule has 3 heterocycles. The highest BCUT2D eigenvalue weighted by atomic mass is 35.5. The standard InChI is InChI=1S/C18H19ClN4O/c19-15-2-1-7-21-17(15)13-5-8-23(9-6-13)18(24)14-10-20-11-22-16(14)12-3-4-12/h1-2,7,10-13H,3-6,8-9H2. The molecule has 1 aliphatic heterocycles. The Balaban J connectivity index is 1.46. The van der Waals surface area contributed by atoms with E-state index in [4.69, 9.17) is 11.6 Å². The molecule has 4 rings (SSSR count). The van der Waals surface area contributed by atoms with Gasteiger partial charge in [-0.1, -0.05) is 11.6 Å². The predicted octanol–water partition coefficient (Wildman–Crippen LogP) is 3.42. The molecule has 1 saturated heterocycles. The molecule has 0 unspecified atom stereocenters. The summed E-state index contributed by atoms with van der Waals surface area (Å²) in [6.45, 7) is 1.44. The molecule has 2 aromatic heterocycles. The van der Waals surface area contributed by atoms with Crippen molar-refractivity contribution in [2.24, 2.45) is 0 Å². The molecule has 2 aliphatic rings. The van der Waals surface area contributed by atoms with Crippen LogP contribution in [0.1, 0.15) is 59.3 Å². The van der Waals surface area contributed by atoms with Gasteiger partial charge in [0, 0.05) is 37.3 Å². The maximum atomic E-state index is 12.9. The minimum absolute atomic E-state index is 0.0584. The monoisotopic (exact) mass is 342 g/mol. The van der Waals surface area contributed by atoms with Crippen LogP contribution < -0.4 is 0 Å². The van der Waals surface area contributed by atoms with E-state index < -0.39 is 0 Å². The average Bonchev–Trinajstić information content (AvgIpc) is 3.47. The van der Waals surface area contributed by atoms with Gasteiger partial charge in [-0.3, -0.25) is 9.78 Å². The SMILES string of the molecule is O=C(c1cncnc1C1CC1)N1CCC(c2ncccc2Cl)CC1. The van der Waals surface area contributed by atoms with Crippen molar-refractivity contribution in [1.82, 2.24) is 19.9 Å². The fourth-order valence-corrected chi connectivity index (χ4v) is 3.69. The summed E-state index contributed by atoms with van der Waals surface area (Å²) in [7, 11) is 0. The number of halogens is 1. The Kier molecular flexibility index (Phi) is 4.19. The Morgan fingerprint density at radius 2 is 1.83 bits per heavy atom. The van der Waals surface area contributed by atoms with E-state index in [1.807, 2.05) is 17.0 Å². The van der Waals surface area contributed by atoms with Crippen molar-refractivity contribution in [3.8, 4) is 0 Å². The van der Waals surface area contributed by atoms with Gasteiger partial charge in [-0.15, -0.1) is 0 Å². The van der Waals surface area contributed by atoms with Crippen LogP contribution in [0.2, 0.25) is 5.02 Å². The van der Waals surface area contributed by atoms with E-state index >= 15 is 0 Å². The van der Waals surface area contributed by atoms with E-state index in [-0.39, 0.29) is 5.91 Å². The molecule has 0 spiro atoms. The van der Waals surface area contributed by atoms with Crippen LogP contribution in [0, 0.1) is 0 Å². The first-order chi connectivity index (χ1) is 11.7. The molecule has 0 aromatic carbocycles. The summed E-state index contributed by atoms with van der Waals surface area (Å²) in [6, 6.07) is 3.73. The quantitative estimate of drug-likeness (QED) is 0.857. The second kappa shape index (κ2) is 6.48. The van der Waals surface area contributed by atoms with E-state index in [0.29, 0.717) is 17.4 Å². The number of hydrogen-bond donors (Lipinski definition) is 0. The van der Waals surface area contributed by atoms with Crippen LogP contribution in [-0.4, -0.2) is 38.8 Å². The third-order valence-corrected chi connectivity index (χ3v) is 5.21. The first kappa shape index (κ1) is 15.5. The van der Waals surface area contributed by atoms with Crippen molar-refractivity contribution in [2.45, 2.75) is 37.5 Å². The van der Waals surface area contributed by atoms with E-state index in [1.54, 1.807) is 18.7 Å². The Bertz CT molecular complexity index is 754. The third kappa shape index (κ3) is 3.00. The summed E-state index contributed by atoms with van der Waals surface area (Å²) >= 11 is 6.26. The summed E-state index contributed by atoms with van der Waals surface area (Å²) in [5.41, 5.74) is 2.55. The summed E-state index contributed by atoms with van der Waals surface area (Å²) in [4.78, 5) is 27.6. The van der Waals surface area contributed by atoms with Crippen molar-refractivity contribution in [3.05, 3.63) is 52.8 Å². The molecule has 5 nitrogen and oxygen atoms in total. The van der Waals surface area contributed by atoms with Crippen LogP contribution in [0.15, 0.2) is 30.9 Å². The molecule has 0 atom stereocenters. The maximum Gasteiger partial charge on any atom is 0.257 e. The zero-order valence-electron chi connectivity index (χ0n) is 13.4. The second-order valence-corrected chi connectivity index (χ2v) is 6.94. The van der Waals surface area contributed by atoms with Crippen molar-refractivity contribution in [2.75, 3.05) is 13.1 Å². The number of aromatic nitrogens is 3. The van der Waals surface area contributed by atoms with Gasteiger partial charge in [-0.2, -0.15) is 0 Å². The van der Waals surface area contributed by atoms with Crippen LogP contribution in [0.3, 0.4) is 0 Å². The van der Waals surface area contributed by atoms with Gasteiger partial charge in [-0.05, 0) is 37.8 Å². The topological polar surface area (TPSA) is 59.0 Å². The zero-order chi connectivity index (χ0) is 16.5. The maximum absolute atomic E-state index is 12.9. The van der Waals surface area contributed by atoms with Crippen LogP contribution in [0.4, 0.5) is 0 Å². The van der Waals surface area contributed by atoms with Crippen molar-refractivity contribution in [1.29, 1.82) is 0 Å². The molecule has 0 bridgehead atoms. The molecule has 1 saturated carbocycles. The number of pyridine rings is 1. The van der Waals surface area contributed by atoms with Crippen LogP contribution >= 0.6 is 11.6 Å². The second-order valence-electron chi connectivity index (χ2n) is 6.53. The molecule has 2 aromatic rings. The molecule has 1 amide bonds. The lowest BCUT2D eigenvalue weighted by atomic mass is 9.92. The molecule has 0 N–H and O–H groups in total. The van der Waals surface area contributed by atoms with Gasteiger partial charge in [0.05, 0.1) is 22.0 Å². The lowest BCUT2D eigenvalue weighted by Crippen LogP contribution is -2.38. The summed E-state index contributed by atoms with van der Waals surface area (Å²) in [6.07, 6.45) is 9.01. The van der Waals surface area contributed by atoms with Crippen LogP contribution in [-0.2, 0) is 0 Å². The Hall–Kier alpha value is -2.01. The predicted molar refractivity (Wildman–Crippen MR) is 91.1 cm³/mol. The number of piperidine rings is 1. The lowest BCUT2D eigenvalue weighted by molar-refractivity contribution is 0.0710. The lowest BCUT2D eigenvalue weighted by Gasteiger charge is -2.32. The van der Waals surface area contributed by atoms with E-state index in [9.17, 15) is 4.79 Å². The first-order valence-electron chi connectivity index (χ1n) is 8.43. The number of carbonyl (C=O) groups excluding carboxylic acids is 1. The highest BCUT2D eigenvalue weighted by molar-refractivity contribution is 6.31. The number of carbonyl (C=O) groups is 1. The number of likely N-dealkylation sites (tertiary alicyclic amines) is 1. The van der Waals surface area contributed by atoms with Gasteiger partial charge in [0.2, 0.25) is 0 Å². The van der Waals surface area contributed by atoms with E-state index in [0.717, 1.165) is 55.2 Å². The van der Waals surface area contributed by atoms with E-state index in [2.05, 4.69) is 15.0 Å². The van der Waals surface area contributed by atoms with Gasteiger partial charge in [0.1, 0.15) is 6.33 Å². The minimum atomic E-state index is 0.0584. The van der Waals surface area contributed by atoms with Gasteiger partial charge < -0.3 is 4.90 Å². The average molecular weight is 343 g/mol. The molecule has 2 fully saturated rings. The number of rotatable bonds is 3. The fourth-order valence-electron chi connectivity index (χ4n) is 3.41. The highest BCUT2D eigenvalue weighted by Gasteiger charge is 2.32. The number of nitrogens with zero attached hydrogens (tertiary/aromatic N) is 4. The smallest absolute Gasteiger partial charge is 0.257 e. The Morgan fingerprint density at radius 1 is 1.08 bits per heavy atom. The van der Waals surface area contributed by atoms with Gasteiger partial charge in [0.25, 0.3) is 5.91 Å². The van der Waals surface area contributed by atoms with Crippen LogP contribution in [0.5, 0.6) is 0 Å². The van der Waals surface area contributed by atoms with Crippen molar-refractivity contribution < 1.29 is 4.79 Å². The summed E-state index contributed by atoms with van der Waals surface area (Å²) < 4.78 is 0. The Labute approximate surface area is 146 Å². The summed E-state index contributed by atoms with van der Waals surface area (Å²) in [5.74, 6) is 0.817. The highest BCUT2D eigenvalue weighted by Crippen LogP contribution is 2.40. The third-order valence-electron chi connectivity index (χ3n) is 4.89. The van der Waals surface area contributed by atoms with Crippen molar-refractivity contribution >= 4 is 17.5 Å². The van der Waals surface area contributed by atoms with Gasteiger partial charge in [0.15, 0.2) is 0 Å². The zero-order valence-corrected chi connectivity index (χ0v) is 14.1. The summed E-state index contributed by atoms with van der Waals surface area (Å²) in [5, 5.41) is 0.717. The molecule has 124 valence electrons. The number of hydrogen-bond acceptors (Lipinski definition) is 4. The normalized spacial score (nSPS) is 18.6. The molecular formula is C18H19ClN4O. The largest absolute Gasteiger partial charge is 0.338 e. The molecular weight excluding hydrogens is 324 g/mol. The first-order valence-corrected chi connectivity index (χ1v) is 8.81. The fraction of sp³-hybridized carbons (Fsp3) is 0.444.